The van der Waals surface area contributed by atoms with Crippen molar-refractivity contribution in [3.63, 3.8) is 0 Å². The fourth-order valence-corrected chi connectivity index (χ4v) is 6.16. The zero-order valence-electron chi connectivity index (χ0n) is 18.7. The van der Waals surface area contributed by atoms with Gasteiger partial charge in [0.25, 0.3) is 0 Å². The van der Waals surface area contributed by atoms with E-state index in [1.54, 1.807) is 0 Å². The van der Waals surface area contributed by atoms with Gasteiger partial charge in [-0.25, -0.2) is 9.59 Å². The first-order valence-electron chi connectivity index (χ1n) is 11.9. The molecule has 2 aromatic rings. The van der Waals surface area contributed by atoms with Crippen LogP contribution < -0.4 is 0 Å². The molecule has 3 heterocycles. The van der Waals surface area contributed by atoms with Crippen LogP contribution in [-0.2, 0) is 14.3 Å². The van der Waals surface area contributed by atoms with Gasteiger partial charge >= 0.3 is 12.1 Å². The zero-order chi connectivity index (χ0) is 23.4. The first-order valence-corrected chi connectivity index (χ1v) is 11.9. The van der Waals surface area contributed by atoms with Crippen LogP contribution >= 0.6 is 0 Å². The summed E-state index contributed by atoms with van der Waals surface area (Å²) in [6.45, 7) is 0.594. The van der Waals surface area contributed by atoms with Crippen molar-refractivity contribution in [3.8, 4) is 11.1 Å². The van der Waals surface area contributed by atoms with Crippen molar-refractivity contribution < 1.29 is 24.2 Å². The summed E-state index contributed by atoms with van der Waals surface area (Å²) in [6, 6.07) is 14.6. The van der Waals surface area contributed by atoms with E-state index in [9.17, 15) is 19.5 Å². The third-order valence-corrected chi connectivity index (χ3v) is 7.76. The molecule has 0 unspecified atom stereocenters. The molecule has 2 bridgehead atoms. The maximum Gasteiger partial charge on any atom is 0.410 e. The number of fused-ring (bicyclic) bond motifs is 6. The smallest absolute Gasteiger partial charge is 0.410 e. The van der Waals surface area contributed by atoms with Crippen molar-refractivity contribution in [3.05, 3.63) is 71.8 Å². The Labute approximate surface area is 197 Å². The number of aliphatic carboxylic acids is 1. The number of nitrogens with zero attached hydrogens (tertiary/aromatic N) is 2. The minimum Gasteiger partial charge on any atom is -0.480 e. The van der Waals surface area contributed by atoms with Crippen LogP contribution in [-0.4, -0.2) is 64.2 Å². The lowest BCUT2D eigenvalue weighted by Crippen LogP contribution is -2.53. The third-order valence-electron chi connectivity index (χ3n) is 7.76. The number of carbonyl (C=O) groups is 3. The molecule has 3 aliphatic heterocycles. The van der Waals surface area contributed by atoms with E-state index in [4.69, 9.17) is 4.74 Å². The topological polar surface area (TPSA) is 87.2 Å². The molecule has 4 aliphatic rings. The van der Waals surface area contributed by atoms with Crippen LogP contribution in [0.2, 0.25) is 0 Å². The van der Waals surface area contributed by atoms with Gasteiger partial charge in [0.05, 0.1) is 6.04 Å². The third kappa shape index (κ3) is 3.22. The van der Waals surface area contributed by atoms with E-state index in [0.29, 0.717) is 25.8 Å². The molecule has 1 N–H and O–H groups in total. The molecule has 1 aliphatic carbocycles. The minimum absolute atomic E-state index is 0.0566. The van der Waals surface area contributed by atoms with Gasteiger partial charge in [0, 0.05) is 12.5 Å². The molecule has 2 amide bonds. The Kier molecular flexibility index (Phi) is 4.94. The van der Waals surface area contributed by atoms with Crippen LogP contribution in [0.25, 0.3) is 11.1 Å². The summed E-state index contributed by atoms with van der Waals surface area (Å²) in [7, 11) is 0. The number of carboxylic acid groups (broad SMARTS) is 1. The number of amides is 2. The summed E-state index contributed by atoms with van der Waals surface area (Å²) in [4.78, 5) is 41.4. The molecule has 2 fully saturated rings. The summed E-state index contributed by atoms with van der Waals surface area (Å²) < 4.78 is 5.82. The highest BCUT2D eigenvalue weighted by atomic mass is 16.6. The lowest BCUT2D eigenvalue weighted by atomic mass is 9.98. The molecular formula is C27H26N2O5. The second-order valence-corrected chi connectivity index (χ2v) is 9.60. The number of hydrogen-bond acceptors (Lipinski definition) is 4. The Morgan fingerprint density at radius 3 is 2.32 bits per heavy atom. The summed E-state index contributed by atoms with van der Waals surface area (Å²) in [5, 5.41) is 9.62. The molecule has 34 heavy (non-hydrogen) atoms. The normalized spacial score (nSPS) is 28.1. The minimum atomic E-state index is -0.993. The van der Waals surface area contributed by atoms with Crippen molar-refractivity contribution >= 4 is 18.0 Å². The van der Waals surface area contributed by atoms with Crippen LogP contribution in [0.15, 0.2) is 60.7 Å². The Morgan fingerprint density at radius 2 is 1.65 bits per heavy atom. The molecule has 174 valence electrons. The number of rotatable bonds is 3. The zero-order valence-corrected chi connectivity index (χ0v) is 18.7. The van der Waals surface area contributed by atoms with Gasteiger partial charge in [-0.2, -0.15) is 0 Å². The standard InChI is InChI=1S/C27H26N2O5/c30-25-24-13-16(9-10-17-11-12-23(26(31)32)29(17)25)14-28(24)27(33)34-15-22-20-7-3-1-5-18(20)19-6-2-4-8-21(19)22/h1-10,16-17,22-24H,11-15H2,(H,31,32)/b10-9-/t16-,17+,23-,24-/m0/s1. The maximum absolute atomic E-state index is 13.4. The molecule has 4 atom stereocenters. The van der Waals surface area contributed by atoms with Crippen molar-refractivity contribution in [2.75, 3.05) is 13.2 Å². The molecule has 0 aromatic heterocycles. The van der Waals surface area contributed by atoms with E-state index in [1.165, 1.54) is 9.80 Å². The van der Waals surface area contributed by atoms with Crippen molar-refractivity contribution in [2.45, 2.75) is 43.3 Å². The van der Waals surface area contributed by atoms with Crippen LogP contribution in [0, 0.1) is 5.92 Å². The summed E-state index contributed by atoms with van der Waals surface area (Å²) in [5.74, 6) is -1.26. The molecule has 0 spiro atoms. The predicted octanol–water partition coefficient (Wildman–Crippen LogP) is 3.64. The number of carbonyl (C=O) groups excluding carboxylic acids is 2. The van der Waals surface area contributed by atoms with E-state index >= 15 is 0 Å². The monoisotopic (exact) mass is 458 g/mol. The Morgan fingerprint density at radius 1 is 0.971 bits per heavy atom. The molecule has 2 aromatic carbocycles. The van der Waals surface area contributed by atoms with Gasteiger partial charge in [0.1, 0.15) is 18.7 Å². The van der Waals surface area contributed by atoms with Gasteiger partial charge in [-0.1, -0.05) is 60.7 Å². The average Bonchev–Trinajstić information content (AvgIpc) is 3.54. The predicted molar refractivity (Wildman–Crippen MR) is 124 cm³/mol. The molecule has 0 radical (unpaired) electrons. The quantitative estimate of drug-likeness (QED) is 0.710. The van der Waals surface area contributed by atoms with E-state index in [0.717, 1.165) is 22.3 Å². The molecule has 7 nitrogen and oxygen atoms in total. The van der Waals surface area contributed by atoms with E-state index in [2.05, 4.69) is 24.3 Å². The lowest BCUT2D eigenvalue weighted by molar-refractivity contribution is -0.150. The fraction of sp³-hybridized carbons (Fsp3) is 0.370. The highest BCUT2D eigenvalue weighted by Crippen LogP contribution is 2.44. The van der Waals surface area contributed by atoms with Gasteiger partial charge in [0.2, 0.25) is 5.91 Å². The van der Waals surface area contributed by atoms with E-state index in [1.807, 2.05) is 36.4 Å². The largest absolute Gasteiger partial charge is 0.480 e. The number of benzene rings is 2. The highest BCUT2D eigenvalue weighted by Gasteiger charge is 2.49. The molecular weight excluding hydrogens is 432 g/mol. The Hall–Kier alpha value is -3.61. The second kappa shape index (κ2) is 8.01. The Balaban J connectivity index is 1.22. The van der Waals surface area contributed by atoms with Crippen molar-refractivity contribution in [1.82, 2.24) is 9.80 Å². The molecule has 2 saturated heterocycles. The van der Waals surface area contributed by atoms with Crippen LogP contribution in [0.1, 0.15) is 36.3 Å². The van der Waals surface area contributed by atoms with E-state index < -0.39 is 24.1 Å². The van der Waals surface area contributed by atoms with Crippen molar-refractivity contribution in [2.24, 2.45) is 5.92 Å². The van der Waals surface area contributed by atoms with Gasteiger partial charge in [0.15, 0.2) is 0 Å². The first-order chi connectivity index (χ1) is 16.5. The van der Waals surface area contributed by atoms with Gasteiger partial charge in [-0.15, -0.1) is 0 Å². The van der Waals surface area contributed by atoms with Crippen LogP contribution in [0.4, 0.5) is 4.79 Å². The molecule has 6 rings (SSSR count). The van der Waals surface area contributed by atoms with Gasteiger partial charge in [-0.3, -0.25) is 9.69 Å². The number of likely N-dealkylation sites (tertiary alicyclic amines) is 1. The highest BCUT2D eigenvalue weighted by molar-refractivity contribution is 5.91. The van der Waals surface area contributed by atoms with Crippen LogP contribution in [0.5, 0.6) is 0 Å². The molecule has 0 saturated carbocycles. The van der Waals surface area contributed by atoms with Crippen molar-refractivity contribution in [1.29, 1.82) is 0 Å². The number of carboxylic acids is 1. The van der Waals surface area contributed by atoms with E-state index in [-0.39, 0.29) is 30.4 Å². The van der Waals surface area contributed by atoms with Gasteiger partial charge < -0.3 is 14.7 Å². The van der Waals surface area contributed by atoms with Crippen LogP contribution in [0.3, 0.4) is 0 Å². The Bertz CT molecular complexity index is 1160. The summed E-state index contributed by atoms with van der Waals surface area (Å²) in [6.07, 6.45) is 5.03. The average molecular weight is 459 g/mol. The SMILES string of the molecule is O=C(O)[C@@H]1CC[C@H]2/C=C\[C@H]3C[C@@H](C(=O)N21)N(C(=O)OCC1c2ccccc2-c2ccccc21)C3. The fourth-order valence-electron chi connectivity index (χ4n) is 6.16. The number of ether oxygens (including phenoxy) is 1. The molecule has 7 heteroatoms. The lowest BCUT2D eigenvalue weighted by Gasteiger charge is -2.32. The summed E-state index contributed by atoms with van der Waals surface area (Å²) >= 11 is 0. The summed E-state index contributed by atoms with van der Waals surface area (Å²) in [5.41, 5.74) is 4.58. The first kappa shape index (κ1) is 21.0. The number of hydrogen-bond donors (Lipinski definition) is 1. The maximum atomic E-state index is 13.4. The van der Waals surface area contributed by atoms with Gasteiger partial charge in [-0.05, 0) is 47.4 Å². The second-order valence-electron chi connectivity index (χ2n) is 9.60.